The van der Waals surface area contributed by atoms with Gasteiger partial charge in [-0.2, -0.15) is 4.31 Å². The molecule has 1 N–H and O–H groups in total. The Morgan fingerprint density at radius 1 is 1.27 bits per heavy atom. The largest absolute Gasteiger partial charge is 0.325 e. The molecule has 0 bridgehead atoms. The zero-order valence-electron chi connectivity index (χ0n) is 14.1. The maximum Gasteiger partial charge on any atom is 0.246 e. The highest BCUT2D eigenvalue weighted by molar-refractivity contribution is 14.1. The number of rotatable bonds is 4. The summed E-state index contributed by atoms with van der Waals surface area (Å²) in [5.41, 5.74) is 1.70. The maximum atomic E-state index is 14.0. The van der Waals surface area contributed by atoms with E-state index in [4.69, 9.17) is 0 Å². The second-order valence-electron chi connectivity index (χ2n) is 6.16. The van der Waals surface area contributed by atoms with Gasteiger partial charge in [0.1, 0.15) is 16.8 Å². The molecule has 138 valence electrons. The van der Waals surface area contributed by atoms with Crippen molar-refractivity contribution in [3.63, 3.8) is 0 Å². The van der Waals surface area contributed by atoms with Crippen molar-refractivity contribution >= 4 is 44.2 Å². The molecule has 2 aromatic carbocycles. The number of amides is 1. The van der Waals surface area contributed by atoms with Crippen LogP contribution in [0.15, 0.2) is 47.4 Å². The van der Waals surface area contributed by atoms with Gasteiger partial charge in [0.25, 0.3) is 0 Å². The number of hydrogen-bond donors (Lipinski definition) is 1. The summed E-state index contributed by atoms with van der Waals surface area (Å²) in [6.45, 7) is 2.16. The van der Waals surface area contributed by atoms with Crippen molar-refractivity contribution in [3.8, 4) is 0 Å². The molecule has 1 fully saturated rings. The Bertz CT molecular complexity index is 949. The lowest BCUT2D eigenvalue weighted by molar-refractivity contribution is -0.119. The van der Waals surface area contributed by atoms with Crippen molar-refractivity contribution in [2.75, 3.05) is 11.9 Å². The fourth-order valence-electron chi connectivity index (χ4n) is 2.97. The Morgan fingerprint density at radius 2 is 2.00 bits per heavy atom. The number of anilines is 1. The van der Waals surface area contributed by atoms with Crippen LogP contribution in [0.5, 0.6) is 0 Å². The van der Waals surface area contributed by atoms with E-state index < -0.39 is 32.7 Å². The topological polar surface area (TPSA) is 66.5 Å². The van der Waals surface area contributed by atoms with E-state index in [1.165, 1.54) is 18.2 Å². The highest BCUT2D eigenvalue weighted by atomic mass is 127. The van der Waals surface area contributed by atoms with Gasteiger partial charge in [-0.05, 0) is 72.2 Å². The number of hydrogen-bond acceptors (Lipinski definition) is 3. The summed E-state index contributed by atoms with van der Waals surface area (Å²) in [7, 11) is -4.07. The van der Waals surface area contributed by atoms with Crippen LogP contribution in [0.1, 0.15) is 18.4 Å². The minimum absolute atomic E-state index is 0.195. The Balaban J connectivity index is 1.84. The molecule has 5 nitrogen and oxygen atoms in total. The van der Waals surface area contributed by atoms with E-state index >= 15 is 0 Å². The summed E-state index contributed by atoms with van der Waals surface area (Å²) in [6.07, 6.45) is 0.958. The number of nitrogens with zero attached hydrogens (tertiary/aromatic N) is 1. The minimum Gasteiger partial charge on any atom is -0.325 e. The van der Waals surface area contributed by atoms with Gasteiger partial charge in [0.2, 0.25) is 15.9 Å². The van der Waals surface area contributed by atoms with E-state index in [9.17, 15) is 17.6 Å². The van der Waals surface area contributed by atoms with Crippen LogP contribution in [0.3, 0.4) is 0 Å². The first-order chi connectivity index (χ1) is 12.3. The summed E-state index contributed by atoms with van der Waals surface area (Å²) in [5.74, 6) is -1.21. The molecule has 26 heavy (non-hydrogen) atoms. The molecule has 0 saturated carbocycles. The fraction of sp³-hybridized carbons (Fsp3) is 0.278. The number of nitrogens with one attached hydrogen (secondary N) is 1. The molecule has 1 aliphatic heterocycles. The third-order valence-electron chi connectivity index (χ3n) is 4.37. The first-order valence-electron chi connectivity index (χ1n) is 8.14. The smallest absolute Gasteiger partial charge is 0.246 e. The van der Waals surface area contributed by atoms with E-state index in [0.29, 0.717) is 18.5 Å². The van der Waals surface area contributed by atoms with Crippen molar-refractivity contribution in [1.82, 2.24) is 4.31 Å². The van der Waals surface area contributed by atoms with Gasteiger partial charge in [-0.3, -0.25) is 4.79 Å². The highest BCUT2D eigenvalue weighted by Gasteiger charge is 2.40. The van der Waals surface area contributed by atoms with Crippen LogP contribution in [0.25, 0.3) is 0 Å². The predicted molar refractivity (Wildman–Crippen MR) is 106 cm³/mol. The quantitative estimate of drug-likeness (QED) is 0.670. The van der Waals surface area contributed by atoms with Crippen LogP contribution in [0.4, 0.5) is 10.1 Å². The zero-order chi connectivity index (χ0) is 18.9. The molecule has 0 spiro atoms. The average molecular weight is 488 g/mol. The van der Waals surface area contributed by atoms with E-state index in [2.05, 4.69) is 27.9 Å². The molecule has 1 saturated heterocycles. The lowest BCUT2D eigenvalue weighted by Gasteiger charge is -2.23. The van der Waals surface area contributed by atoms with Crippen molar-refractivity contribution in [2.24, 2.45) is 0 Å². The van der Waals surface area contributed by atoms with Gasteiger partial charge in [0, 0.05) is 15.8 Å². The standard InChI is InChI=1S/C18H18FIN2O3S/c1-12-8-9-13(11-15(12)20)21-18(23)16-6-4-10-22(16)26(24,25)17-7-3-2-5-14(17)19/h2-3,5,7-9,11,16H,4,6,10H2,1H3,(H,21,23). The van der Waals surface area contributed by atoms with Gasteiger partial charge in [0.15, 0.2) is 0 Å². The normalized spacial score (nSPS) is 18.0. The molecule has 1 heterocycles. The summed E-state index contributed by atoms with van der Waals surface area (Å²) < 4.78 is 41.7. The number of carbonyl (C=O) groups excluding carboxylic acids is 1. The molecule has 0 aromatic heterocycles. The Labute approximate surface area is 165 Å². The number of aryl methyl sites for hydroxylation is 1. The molecular weight excluding hydrogens is 470 g/mol. The minimum atomic E-state index is -4.07. The van der Waals surface area contributed by atoms with E-state index in [1.54, 1.807) is 6.07 Å². The van der Waals surface area contributed by atoms with Gasteiger partial charge >= 0.3 is 0 Å². The summed E-state index contributed by atoms with van der Waals surface area (Å²) in [6, 6.07) is 9.88. The van der Waals surface area contributed by atoms with Crippen molar-refractivity contribution < 1.29 is 17.6 Å². The lowest BCUT2D eigenvalue weighted by Crippen LogP contribution is -2.43. The maximum absolute atomic E-state index is 14.0. The van der Waals surface area contributed by atoms with Crippen LogP contribution in [-0.2, 0) is 14.8 Å². The summed E-state index contributed by atoms with van der Waals surface area (Å²) >= 11 is 2.17. The van der Waals surface area contributed by atoms with Crippen molar-refractivity contribution in [1.29, 1.82) is 0 Å². The molecule has 8 heteroatoms. The second-order valence-corrected chi connectivity index (χ2v) is 9.18. The van der Waals surface area contributed by atoms with Gasteiger partial charge in [-0.15, -0.1) is 0 Å². The Morgan fingerprint density at radius 3 is 2.69 bits per heavy atom. The third kappa shape index (κ3) is 3.77. The molecule has 1 unspecified atom stereocenters. The van der Waals surface area contributed by atoms with Gasteiger partial charge in [0.05, 0.1) is 0 Å². The molecule has 0 aliphatic carbocycles. The Kier molecular flexibility index (Phi) is 5.64. The molecule has 0 radical (unpaired) electrons. The van der Waals surface area contributed by atoms with E-state index in [1.807, 2.05) is 19.1 Å². The first kappa shape index (κ1) is 19.2. The van der Waals surface area contributed by atoms with Crippen LogP contribution in [0, 0.1) is 16.3 Å². The monoisotopic (exact) mass is 488 g/mol. The summed E-state index contributed by atoms with van der Waals surface area (Å²) in [5, 5.41) is 2.78. The van der Waals surface area contributed by atoms with Gasteiger partial charge < -0.3 is 5.32 Å². The van der Waals surface area contributed by atoms with E-state index in [-0.39, 0.29) is 6.54 Å². The van der Waals surface area contributed by atoms with E-state index in [0.717, 1.165) is 19.5 Å². The fourth-order valence-corrected chi connectivity index (χ4v) is 5.20. The molecule has 1 aliphatic rings. The molecule has 1 amide bonds. The Hall–Kier alpha value is -1.52. The molecule has 1 atom stereocenters. The first-order valence-corrected chi connectivity index (χ1v) is 10.7. The molecule has 3 rings (SSSR count). The van der Waals surface area contributed by atoms with Crippen molar-refractivity contribution in [2.45, 2.75) is 30.7 Å². The zero-order valence-corrected chi connectivity index (χ0v) is 17.1. The second kappa shape index (κ2) is 7.61. The van der Waals surface area contributed by atoms with Crippen LogP contribution < -0.4 is 5.32 Å². The van der Waals surface area contributed by atoms with Crippen molar-refractivity contribution in [3.05, 3.63) is 57.4 Å². The third-order valence-corrected chi connectivity index (χ3v) is 7.47. The van der Waals surface area contributed by atoms with Crippen LogP contribution in [-0.4, -0.2) is 31.2 Å². The predicted octanol–water partition coefficient (Wildman–Crippen LogP) is 3.53. The highest BCUT2D eigenvalue weighted by Crippen LogP contribution is 2.28. The molecule has 2 aromatic rings. The number of sulfonamides is 1. The van der Waals surface area contributed by atoms with Crippen LogP contribution >= 0.6 is 22.6 Å². The lowest BCUT2D eigenvalue weighted by atomic mass is 10.2. The average Bonchev–Trinajstić information content (AvgIpc) is 3.09. The summed E-state index contributed by atoms with van der Waals surface area (Å²) in [4.78, 5) is 12.3. The molecular formula is C18H18FIN2O3S. The van der Waals surface area contributed by atoms with Crippen LogP contribution in [0.2, 0.25) is 0 Å². The van der Waals surface area contributed by atoms with Gasteiger partial charge in [-0.1, -0.05) is 18.2 Å². The number of halogens is 2. The number of carbonyl (C=O) groups is 1. The SMILES string of the molecule is Cc1ccc(NC(=O)C2CCCN2S(=O)(=O)c2ccccc2F)cc1I. The van der Waals surface area contributed by atoms with Gasteiger partial charge in [-0.25, -0.2) is 12.8 Å². The number of benzene rings is 2.